The van der Waals surface area contributed by atoms with Crippen LogP contribution in [0.2, 0.25) is 44.9 Å². The minimum atomic E-state index is -0.731. The van der Waals surface area contributed by atoms with Gasteiger partial charge >= 0.3 is 0 Å². The largest absolute Gasteiger partial charge is 0.412 e. The Hall–Kier alpha value is -3.54. The van der Waals surface area contributed by atoms with Crippen LogP contribution in [-0.4, -0.2) is 43.6 Å². The van der Waals surface area contributed by atoms with Crippen LogP contribution in [0, 0.1) is 11.8 Å². The highest BCUT2D eigenvalue weighted by atomic mass is 28.4. The monoisotopic (exact) mass is 739 g/mol. The first-order chi connectivity index (χ1) is 24.1. The summed E-state index contributed by atoms with van der Waals surface area (Å²) in [6.45, 7) is 14.8. The number of hydrogen-bond donors (Lipinski definition) is 4. The lowest BCUT2D eigenvalue weighted by Crippen LogP contribution is -2.34. The highest BCUT2D eigenvalue weighted by Crippen LogP contribution is 2.40. The molecule has 6 nitrogen and oxygen atoms in total. The van der Waals surface area contributed by atoms with E-state index in [-0.39, 0.29) is 17.6 Å². The van der Waals surface area contributed by atoms with E-state index in [1.807, 2.05) is 97.1 Å². The van der Waals surface area contributed by atoms with Gasteiger partial charge in [0.05, 0.1) is 12.1 Å². The van der Waals surface area contributed by atoms with Gasteiger partial charge in [-0.05, 0) is 96.9 Å². The van der Waals surface area contributed by atoms with Crippen molar-refractivity contribution in [3.63, 3.8) is 0 Å². The summed E-state index contributed by atoms with van der Waals surface area (Å²) in [6, 6.07) is 35.9. The van der Waals surface area contributed by atoms with Crippen molar-refractivity contribution in [2.45, 2.75) is 108 Å². The Labute approximate surface area is 315 Å². The lowest BCUT2D eigenvalue weighted by atomic mass is 9.91. The highest BCUT2D eigenvalue weighted by molar-refractivity contribution is 6.94. The van der Waals surface area contributed by atoms with E-state index in [9.17, 15) is 10.2 Å². The van der Waals surface area contributed by atoms with Crippen molar-refractivity contribution in [2.75, 3.05) is 11.5 Å². The smallest absolute Gasteiger partial charge is 0.101 e. The molecule has 0 aromatic heterocycles. The first-order valence-corrected chi connectivity index (χ1v) is 26.3. The Kier molecular flexibility index (Phi) is 16.5. The zero-order valence-corrected chi connectivity index (χ0v) is 34.4. The molecule has 1 aliphatic carbocycles. The van der Waals surface area contributed by atoms with Gasteiger partial charge in [-0.15, -0.1) is 0 Å². The van der Waals surface area contributed by atoms with Gasteiger partial charge in [-0.25, -0.2) is 0 Å². The van der Waals surface area contributed by atoms with E-state index in [0.717, 1.165) is 61.0 Å². The summed E-state index contributed by atoms with van der Waals surface area (Å²) >= 11 is 0. The van der Waals surface area contributed by atoms with Crippen LogP contribution in [0.15, 0.2) is 114 Å². The van der Waals surface area contributed by atoms with Gasteiger partial charge in [-0.1, -0.05) is 130 Å². The number of hydrogen-bond acceptors (Lipinski definition) is 5. The number of aliphatic imine (C=N–C) groups is 1. The van der Waals surface area contributed by atoms with Crippen molar-refractivity contribution in [3.8, 4) is 0 Å². The summed E-state index contributed by atoms with van der Waals surface area (Å²) in [5, 5.41) is 20.9. The molecule has 0 saturated heterocycles. The molecule has 52 heavy (non-hydrogen) atoms. The average molecular weight is 740 g/mol. The predicted octanol–water partition coefficient (Wildman–Crippen LogP) is 9.49. The second kappa shape index (κ2) is 20.1. The quantitative estimate of drug-likeness (QED) is 0.0952. The molecule has 1 aliphatic heterocycles. The molecule has 6 rings (SSSR count). The third-order valence-electron chi connectivity index (χ3n) is 9.70. The second-order valence-corrected chi connectivity index (χ2v) is 28.8. The summed E-state index contributed by atoms with van der Waals surface area (Å²) < 4.78 is 0. The van der Waals surface area contributed by atoms with E-state index in [4.69, 9.17) is 16.5 Å². The molecule has 1 saturated carbocycles. The number of nitrogens with two attached hydrogens (primary N) is 2. The number of aliphatic hydroxyl groups excluding tert-OH is 2. The summed E-state index contributed by atoms with van der Waals surface area (Å²) in [4.78, 5) is 4.72. The van der Waals surface area contributed by atoms with E-state index in [1.54, 1.807) is 5.67 Å². The van der Waals surface area contributed by atoms with E-state index in [1.165, 1.54) is 23.3 Å². The topological polar surface area (TPSA) is 136 Å². The van der Waals surface area contributed by atoms with Gasteiger partial charge in [0.15, 0.2) is 0 Å². The van der Waals surface area contributed by atoms with Crippen LogP contribution >= 0.6 is 0 Å². The maximum absolute atomic E-state index is 10.5. The molecular weight excluding hydrogens is 675 g/mol. The van der Waals surface area contributed by atoms with Crippen LogP contribution in [0.1, 0.15) is 66.6 Å². The molecule has 8 N–H and O–H groups in total. The minimum absolute atomic E-state index is 0. The maximum Gasteiger partial charge on any atom is 0.101 e. The molecule has 4 aromatic rings. The number of nitrogens with zero attached hydrogens (tertiary/aromatic N) is 1. The summed E-state index contributed by atoms with van der Waals surface area (Å²) in [6.07, 6.45) is 6.43. The third kappa shape index (κ3) is 14.8. The van der Waals surface area contributed by atoms with Gasteiger partial charge < -0.3 is 27.2 Å². The third-order valence-corrected chi connectivity index (χ3v) is 18.2. The van der Waals surface area contributed by atoms with Gasteiger partial charge in [0.1, 0.15) is 6.10 Å². The lowest BCUT2D eigenvalue weighted by molar-refractivity contribution is 0.109. The number of rotatable bonds is 10. The Morgan fingerprint density at radius 1 is 0.635 bits per heavy atom. The Bertz CT molecular complexity index is 1610. The van der Waals surface area contributed by atoms with Crippen molar-refractivity contribution in [3.05, 3.63) is 131 Å². The summed E-state index contributed by atoms with van der Waals surface area (Å²) in [5.41, 5.74) is 20.3. The van der Waals surface area contributed by atoms with Gasteiger partial charge in [-0.3, -0.25) is 4.99 Å². The van der Waals surface area contributed by atoms with Crippen LogP contribution in [0.3, 0.4) is 0 Å². The minimum Gasteiger partial charge on any atom is -0.412 e. The van der Waals surface area contributed by atoms with Crippen LogP contribution < -0.4 is 11.5 Å². The van der Waals surface area contributed by atoms with Gasteiger partial charge in [-0.2, -0.15) is 0 Å². The van der Waals surface area contributed by atoms with Crippen molar-refractivity contribution < 1.29 is 15.7 Å². The Morgan fingerprint density at radius 3 is 1.60 bits per heavy atom. The molecule has 5 atom stereocenters. The van der Waals surface area contributed by atoms with Crippen LogP contribution in [0.4, 0.5) is 11.4 Å². The number of anilines is 2. The van der Waals surface area contributed by atoms with Gasteiger partial charge in [0.2, 0.25) is 0 Å². The van der Waals surface area contributed by atoms with Crippen molar-refractivity contribution in [2.24, 2.45) is 16.8 Å². The van der Waals surface area contributed by atoms with E-state index < -0.39 is 22.3 Å². The van der Waals surface area contributed by atoms with Crippen LogP contribution in [-0.2, 0) is 12.8 Å². The molecule has 4 aromatic carbocycles. The van der Waals surface area contributed by atoms with E-state index >= 15 is 0 Å². The zero-order chi connectivity index (χ0) is 37.0. The highest BCUT2D eigenvalue weighted by Gasteiger charge is 2.31. The number of nitrogen functional groups attached to an aromatic ring is 2. The molecule has 0 spiro atoms. The second-order valence-electron chi connectivity index (χ2n) is 17.1. The van der Waals surface area contributed by atoms with E-state index in [2.05, 4.69) is 51.4 Å². The Morgan fingerprint density at radius 2 is 1.12 bits per heavy atom. The van der Waals surface area contributed by atoms with Crippen molar-refractivity contribution in [1.82, 2.24) is 0 Å². The molecule has 8 heteroatoms. The Balaban J connectivity index is 0.000000225. The molecule has 1 fully saturated rings. The standard InChI is InChI=1S/C19H23NO.C18H20N2O.C7H20Si2.H2O/c20-18-10-7-14(8-11-18)12-15-6-9-17(13-15)19(21)16-4-2-1-3-5-16;19-15-8-6-13(7-9-15)12-16-10-11-17(20-16)18(21)14-4-2-1-3-5-14;1-8(2,3)7-9(4,5)6;/h1-5,7-8,10-11,15,17,19,21H,6,9,12-13,20H2;1-9,17-18,21H,10-12,19H2;7H2,1-6H3;1H2/t15?,17-,19+;17-,18-;;/m01../s1. The van der Waals surface area contributed by atoms with Gasteiger partial charge in [0, 0.05) is 39.7 Å². The fourth-order valence-corrected chi connectivity index (χ4v) is 20.6. The molecule has 0 amide bonds. The first-order valence-electron chi connectivity index (χ1n) is 18.9. The molecule has 1 unspecified atom stereocenters. The number of aliphatic hydroxyl groups is 2. The average Bonchev–Trinajstić information content (AvgIpc) is 3.76. The maximum atomic E-state index is 10.5. The van der Waals surface area contributed by atoms with Crippen LogP contribution in [0.5, 0.6) is 0 Å². The normalized spacial score (nSPS) is 19.5. The molecule has 282 valence electrons. The number of benzene rings is 4. The first kappa shape index (κ1) is 42.9. The van der Waals surface area contributed by atoms with Crippen molar-refractivity contribution in [1.29, 1.82) is 0 Å². The zero-order valence-electron chi connectivity index (χ0n) is 32.4. The summed E-state index contributed by atoms with van der Waals surface area (Å²) in [7, 11) is -1.46. The molecule has 0 bridgehead atoms. The van der Waals surface area contributed by atoms with E-state index in [0.29, 0.717) is 11.8 Å². The van der Waals surface area contributed by atoms with Crippen LogP contribution in [0.25, 0.3) is 0 Å². The molecular formula is C44H65N3O3Si2. The predicted molar refractivity (Wildman–Crippen MR) is 228 cm³/mol. The SMILES string of the molecule is C[Si](C)(C)C[Si](C)(C)C.Nc1ccc(CC2=N[C@@H]([C@H](O)c3ccccc3)CC2)cc1.Nc1ccc(CC2CC[C@H]([C@H](O)c3ccccc3)C2)cc1.O. The van der Waals surface area contributed by atoms with Crippen molar-refractivity contribution >= 4 is 33.2 Å². The summed E-state index contributed by atoms with van der Waals surface area (Å²) in [5.74, 6) is 1.07. The lowest BCUT2D eigenvalue weighted by Gasteiger charge is -2.25. The fraction of sp³-hybridized carbons (Fsp3) is 0.432. The fourth-order valence-electron chi connectivity index (χ4n) is 7.87. The molecule has 0 radical (unpaired) electrons. The molecule has 2 aliphatic rings. The van der Waals surface area contributed by atoms with Gasteiger partial charge in [0.25, 0.3) is 0 Å². The molecule has 1 heterocycles.